The molecule has 0 saturated carbocycles. The van der Waals surface area contributed by atoms with Gasteiger partial charge in [-0.3, -0.25) is 0 Å². The minimum Gasteiger partial charge on any atom is -0.494 e. The molecular formula is C24H24N4O2S. The Hall–Kier alpha value is -3.45. The second kappa shape index (κ2) is 9.14. The van der Waals surface area contributed by atoms with E-state index in [1.54, 1.807) is 0 Å². The fourth-order valence-electron chi connectivity index (χ4n) is 3.62. The molecule has 1 atom stereocenters. The Labute approximate surface area is 187 Å². The van der Waals surface area contributed by atoms with Crippen molar-refractivity contribution < 1.29 is 9.26 Å². The quantitative estimate of drug-likeness (QED) is 0.417. The maximum Gasteiger partial charge on any atom is 0.258 e. The molecule has 0 saturated heterocycles. The molecule has 0 bridgehead atoms. The molecule has 1 aliphatic heterocycles. The number of ether oxygens (including phenoxy) is 1. The number of allylic oxidation sites excluding steroid dienone is 1. The van der Waals surface area contributed by atoms with Crippen molar-refractivity contribution in [3.05, 3.63) is 84.4 Å². The Bertz CT molecular complexity index is 1110. The summed E-state index contributed by atoms with van der Waals surface area (Å²) in [6.07, 6.45) is 1.82. The van der Waals surface area contributed by atoms with E-state index in [2.05, 4.69) is 17.1 Å². The first-order valence-corrected chi connectivity index (χ1v) is 10.5. The van der Waals surface area contributed by atoms with Crippen LogP contribution >= 0.6 is 12.2 Å². The first-order valence-electron chi connectivity index (χ1n) is 10.1. The Morgan fingerprint density at radius 3 is 2.61 bits per heavy atom. The maximum absolute atomic E-state index is 5.73. The lowest BCUT2D eigenvalue weighted by Crippen LogP contribution is -2.45. The molecule has 31 heavy (non-hydrogen) atoms. The number of hydrogen-bond acceptors (Lipinski definition) is 5. The minimum absolute atomic E-state index is 0.228. The van der Waals surface area contributed by atoms with Crippen LogP contribution in [0.1, 0.15) is 31.3 Å². The summed E-state index contributed by atoms with van der Waals surface area (Å²) < 4.78 is 11.3. The van der Waals surface area contributed by atoms with E-state index in [9.17, 15) is 0 Å². The highest BCUT2D eigenvalue weighted by molar-refractivity contribution is 7.80. The highest BCUT2D eigenvalue weighted by Gasteiger charge is 2.33. The molecule has 2 heterocycles. The van der Waals surface area contributed by atoms with E-state index in [1.807, 2.05) is 79.4 Å². The van der Waals surface area contributed by atoms with Crippen molar-refractivity contribution in [1.29, 1.82) is 0 Å². The van der Waals surface area contributed by atoms with Gasteiger partial charge >= 0.3 is 0 Å². The summed E-state index contributed by atoms with van der Waals surface area (Å²) in [5, 5.41) is 8.27. The van der Waals surface area contributed by atoms with Crippen LogP contribution in [0.2, 0.25) is 0 Å². The van der Waals surface area contributed by atoms with E-state index in [1.165, 1.54) is 0 Å². The summed E-state index contributed by atoms with van der Waals surface area (Å²) in [7, 11) is 0. The molecule has 0 spiro atoms. The van der Waals surface area contributed by atoms with Crippen LogP contribution in [-0.4, -0.2) is 33.3 Å². The van der Waals surface area contributed by atoms with Crippen LogP contribution in [0.5, 0.6) is 5.75 Å². The SMILES string of the molecule is C=CCN1C(=S)NC(c2ccc(OCC)cc2)C(c2nc(-c3ccccc3)no2)=C1C. The fourth-order valence-corrected chi connectivity index (χ4v) is 3.95. The molecule has 0 fully saturated rings. The maximum atomic E-state index is 5.73. The smallest absolute Gasteiger partial charge is 0.258 e. The lowest BCUT2D eigenvalue weighted by atomic mass is 9.94. The standard InChI is InChI=1S/C24H24N4O2S/c1-4-15-28-16(3)20(23-26-22(27-30-23)18-9-7-6-8-10-18)21(25-24(28)31)17-11-13-19(14-12-17)29-5-2/h4,6-14,21H,1,5,15H2,2-3H3,(H,25,31). The first-order chi connectivity index (χ1) is 15.1. The van der Waals surface area contributed by atoms with Gasteiger partial charge in [0.2, 0.25) is 5.82 Å². The predicted molar refractivity (Wildman–Crippen MR) is 125 cm³/mol. The molecule has 1 aliphatic rings. The van der Waals surface area contributed by atoms with Crippen molar-refractivity contribution in [3.63, 3.8) is 0 Å². The summed E-state index contributed by atoms with van der Waals surface area (Å²) >= 11 is 5.64. The van der Waals surface area contributed by atoms with Gasteiger partial charge in [0.25, 0.3) is 5.89 Å². The van der Waals surface area contributed by atoms with Crippen molar-refractivity contribution in [2.75, 3.05) is 13.2 Å². The van der Waals surface area contributed by atoms with Crippen molar-refractivity contribution in [2.45, 2.75) is 19.9 Å². The van der Waals surface area contributed by atoms with Gasteiger partial charge in [-0.25, -0.2) is 0 Å². The molecule has 0 amide bonds. The Morgan fingerprint density at radius 2 is 1.94 bits per heavy atom. The number of hydrogen-bond donors (Lipinski definition) is 1. The van der Waals surface area contributed by atoms with E-state index >= 15 is 0 Å². The molecule has 158 valence electrons. The van der Waals surface area contributed by atoms with Gasteiger partial charge in [0, 0.05) is 17.8 Å². The zero-order chi connectivity index (χ0) is 21.8. The number of rotatable bonds is 7. The average Bonchev–Trinajstić information content (AvgIpc) is 3.27. The highest BCUT2D eigenvalue weighted by Crippen LogP contribution is 2.37. The molecule has 0 aliphatic carbocycles. The summed E-state index contributed by atoms with van der Waals surface area (Å²) in [6.45, 7) is 9.03. The van der Waals surface area contributed by atoms with Crippen LogP contribution < -0.4 is 10.1 Å². The molecule has 7 heteroatoms. The van der Waals surface area contributed by atoms with E-state index in [4.69, 9.17) is 26.5 Å². The Morgan fingerprint density at radius 1 is 1.19 bits per heavy atom. The molecule has 0 radical (unpaired) electrons. The zero-order valence-electron chi connectivity index (χ0n) is 17.5. The van der Waals surface area contributed by atoms with E-state index in [0.717, 1.165) is 28.1 Å². The van der Waals surface area contributed by atoms with Gasteiger partial charge in [0.1, 0.15) is 5.75 Å². The van der Waals surface area contributed by atoms with Gasteiger partial charge in [-0.05, 0) is 43.8 Å². The van der Waals surface area contributed by atoms with Gasteiger partial charge in [-0.15, -0.1) is 6.58 Å². The summed E-state index contributed by atoms with van der Waals surface area (Å²) in [4.78, 5) is 6.68. The van der Waals surface area contributed by atoms with Crippen LogP contribution in [0, 0.1) is 0 Å². The third kappa shape index (κ3) is 4.22. The predicted octanol–water partition coefficient (Wildman–Crippen LogP) is 4.98. The largest absolute Gasteiger partial charge is 0.494 e. The highest BCUT2D eigenvalue weighted by atomic mass is 32.1. The van der Waals surface area contributed by atoms with Crippen molar-refractivity contribution in [2.24, 2.45) is 0 Å². The van der Waals surface area contributed by atoms with Crippen LogP contribution in [0.4, 0.5) is 0 Å². The average molecular weight is 433 g/mol. The van der Waals surface area contributed by atoms with Crippen LogP contribution in [0.15, 0.2) is 77.5 Å². The summed E-state index contributed by atoms with van der Waals surface area (Å²) in [5.41, 5.74) is 3.76. The van der Waals surface area contributed by atoms with E-state index < -0.39 is 0 Å². The second-order valence-corrected chi connectivity index (χ2v) is 7.46. The lowest BCUT2D eigenvalue weighted by Gasteiger charge is -2.36. The molecule has 1 aromatic heterocycles. The van der Waals surface area contributed by atoms with Gasteiger partial charge < -0.3 is 19.5 Å². The third-order valence-electron chi connectivity index (χ3n) is 5.12. The van der Waals surface area contributed by atoms with Crippen molar-refractivity contribution in [3.8, 4) is 17.1 Å². The van der Waals surface area contributed by atoms with Gasteiger partial charge in [0.15, 0.2) is 5.11 Å². The van der Waals surface area contributed by atoms with E-state index in [0.29, 0.717) is 30.0 Å². The number of nitrogens with one attached hydrogen (secondary N) is 1. The van der Waals surface area contributed by atoms with Crippen LogP contribution in [0.25, 0.3) is 17.0 Å². The molecule has 1 N–H and O–H groups in total. The number of benzene rings is 2. The summed E-state index contributed by atoms with van der Waals surface area (Å²) in [5.74, 6) is 1.83. The van der Waals surface area contributed by atoms with Crippen molar-refractivity contribution in [1.82, 2.24) is 20.4 Å². The van der Waals surface area contributed by atoms with Crippen LogP contribution in [0.3, 0.4) is 0 Å². The lowest BCUT2D eigenvalue weighted by molar-refractivity contribution is 0.340. The minimum atomic E-state index is -0.228. The monoisotopic (exact) mass is 432 g/mol. The van der Waals surface area contributed by atoms with Gasteiger partial charge in [-0.2, -0.15) is 4.98 Å². The number of nitrogens with zero attached hydrogens (tertiary/aromatic N) is 3. The van der Waals surface area contributed by atoms with E-state index in [-0.39, 0.29) is 6.04 Å². The zero-order valence-corrected chi connectivity index (χ0v) is 18.4. The molecule has 3 aromatic rings. The fraction of sp³-hybridized carbons (Fsp3) is 0.208. The Kier molecular flexibility index (Phi) is 6.13. The van der Waals surface area contributed by atoms with Crippen LogP contribution in [-0.2, 0) is 0 Å². The summed E-state index contributed by atoms with van der Waals surface area (Å²) in [6, 6.07) is 17.5. The first kappa shape index (κ1) is 20.8. The van der Waals surface area contributed by atoms with Crippen molar-refractivity contribution >= 4 is 22.9 Å². The van der Waals surface area contributed by atoms with Gasteiger partial charge in [-0.1, -0.05) is 53.7 Å². The number of thiocarbonyl (C=S) groups is 1. The normalized spacial score (nSPS) is 16.3. The van der Waals surface area contributed by atoms with Gasteiger partial charge in [0.05, 0.1) is 18.2 Å². The molecule has 2 aromatic carbocycles. The topological polar surface area (TPSA) is 63.4 Å². The number of aromatic nitrogens is 2. The molecule has 6 nitrogen and oxygen atoms in total. The third-order valence-corrected chi connectivity index (χ3v) is 5.46. The molecule has 1 unspecified atom stereocenters. The second-order valence-electron chi connectivity index (χ2n) is 7.07. The molecule has 4 rings (SSSR count). The Balaban J connectivity index is 1.78. The molecular weight excluding hydrogens is 408 g/mol.